The standard InChI is InChI=1S/C21H22Cl2F2N2O.ClH/c22-19-9-15-1-2-21(18(15)11-20(19)23,27-5-3-26-4-6-27)13-28-12-14-7-16(24)10-17(25)8-14;/h7-11,26H,1-6,12-13H2;1H/t21-;/m0./s1. The molecular weight excluding hydrogens is 441 g/mol. The van der Waals surface area contributed by atoms with Crippen LogP contribution in [0.2, 0.25) is 10.0 Å². The van der Waals surface area contributed by atoms with Crippen molar-refractivity contribution in [1.82, 2.24) is 10.2 Å². The van der Waals surface area contributed by atoms with Crippen LogP contribution in [0.15, 0.2) is 30.3 Å². The first-order valence-corrected chi connectivity index (χ1v) is 10.2. The minimum atomic E-state index is -0.594. The molecule has 0 saturated carbocycles. The molecule has 0 unspecified atom stereocenters. The summed E-state index contributed by atoms with van der Waals surface area (Å²) in [7, 11) is 0. The Kier molecular flexibility index (Phi) is 7.41. The van der Waals surface area contributed by atoms with E-state index in [1.54, 1.807) is 0 Å². The SMILES string of the molecule is Cl.Fc1cc(F)cc(COC[C@@]2(N3CCNCC3)CCc3cc(Cl)c(Cl)cc32)c1. The number of ether oxygens (including phenoxy) is 1. The van der Waals surface area contributed by atoms with Crippen LogP contribution in [-0.2, 0) is 23.3 Å². The fourth-order valence-electron chi connectivity index (χ4n) is 4.40. The predicted molar refractivity (Wildman–Crippen MR) is 114 cm³/mol. The molecule has 3 nitrogen and oxygen atoms in total. The van der Waals surface area contributed by atoms with E-state index in [9.17, 15) is 8.78 Å². The Morgan fingerprint density at radius 3 is 2.34 bits per heavy atom. The van der Waals surface area contributed by atoms with E-state index < -0.39 is 11.6 Å². The molecule has 0 spiro atoms. The third-order valence-electron chi connectivity index (χ3n) is 5.71. The van der Waals surface area contributed by atoms with Crippen LogP contribution < -0.4 is 5.32 Å². The highest BCUT2D eigenvalue weighted by molar-refractivity contribution is 6.42. The number of aryl methyl sites for hydroxylation is 1. The van der Waals surface area contributed by atoms with Gasteiger partial charge in [-0.25, -0.2) is 8.78 Å². The quantitative estimate of drug-likeness (QED) is 0.678. The predicted octanol–water partition coefficient (Wildman–Crippen LogP) is 4.96. The van der Waals surface area contributed by atoms with Crippen LogP contribution in [0, 0.1) is 11.6 Å². The molecule has 2 aromatic rings. The van der Waals surface area contributed by atoms with Gasteiger partial charge in [-0.05, 0) is 53.8 Å². The minimum Gasteiger partial charge on any atom is -0.374 e. The third-order valence-corrected chi connectivity index (χ3v) is 6.43. The Morgan fingerprint density at radius 2 is 1.66 bits per heavy atom. The zero-order valence-electron chi connectivity index (χ0n) is 15.8. The highest BCUT2D eigenvalue weighted by Gasteiger charge is 2.44. The molecule has 0 bridgehead atoms. The summed E-state index contributed by atoms with van der Waals surface area (Å²) in [6.45, 7) is 4.20. The maximum Gasteiger partial charge on any atom is 0.126 e. The zero-order valence-corrected chi connectivity index (χ0v) is 18.1. The fraction of sp³-hybridized carbons (Fsp3) is 0.429. The molecular formula is C21H23Cl3F2N2O. The molecule has 1 heterocycles. The Balaban J connectivity index is 0.00000240. The van der Waals surface area contributed by atoms with Crippen molar-refractivity contribution in [3.8, 4) is 0 Å². The van der Waals surface area contributed by atoms with Gasteiger partial charge in [0.15, 0.2) is 0 Å². The Bertz CT molecular complexity index is 857. The summed E-state index contributed by atoms with van der Waals surface area (Å²) >= 11 is 12.6. The minimum absolute atomic E-state index is 0. The largest absolute Gasteiger partial charge is 0.374 e. The van der Waals surface area contributed by atoms with Crippen molar-refractivity contribution in [2.24, 2.45) is 0 Å². The van der Waals surface area contributed by atoms with Gasteiger partial charge < -0.3 is 10.1 Å². The number of piperazine rings is 1. The molecule has 4 rings (SSSR count). The lowest BCUT2D eigenvalue weighted by atomic mass is 9.89. The number of nitrogens with zero attached hydrogens (tertiary/aromatic N) is 1. The van der Waals surface area contributed by atoms with E-state index in [4.69, 9.17) is 27.9 Å². The van der Waals surface area contributed by atoms with Crippen LogP contribution in [0.25, 0.3) is 0 Å². The molecule has 1 fully saturated rings. The molecule has 1 N–H and O–H groups in total. The average Bonchev–Trinajstić information content (AvgIpc) is 3.01. The maximum atomic E-state index is 13.5. The molecule has 2 aromatic carbocycles. The van der Waals surface area contributed by atoms with Crippen molar-refractivity contribution in [2.75, 3.05) is 32.8 Å². The lowest BCUT2D eigenvalue weighted by Gasteiger charge is -2.44. The summed E-state index contributed by atoms with van der Waals surface area (Å²) in [5.74, 6) is -1.19. The number of nitrogens with one attached hydrogen (secondary N) is 1. The second-order valence-electron chi connectivity index (χ2n) is 7.46. The number of rotatable bonds is 5. The van der Waals surface area contributed by atoms with Gasteiger partial charge >= 0.3 is 0 Å². The number of benzene rings is 2. The monoisotopic (exact) mass is 462 g/mol. The van der Waals surface area contributed by atoms with Gasteiger partial charge in [0.25, 0.3) is 0 Å². The van der Waals surface area contributed by atoms with Gasteiger partial charge in [-0.3, -0.25) is 4.90 Å². The lowest BCUT2D eigenvalue weighted by molar-refractivity contribution is -0.0241. The zero-order chi connectivity index (χ0) is 19.7. The molecule has 29 heavy (non-hydrogen) atoms. The molecule has 1 atom stereocenters. The second kappa shape index (κ2) is 9.46. The summed E-state index contributed by atoms with van der Waals surface area (Å²) in [5, 5.41) is 4.48. The van der Waals surface area contributed by atoms with E-state index in [-0.39, 0.29) is 24.6 Å². The smallest absolute Gasteiger partial charge is 0.126 e. The first-order chi connectivity index (χ1) is 13.5. The van der Waals surface area contributed by atoms with Gasteiger partial charge in [0, 0.05) is 32.2 Å². The first kappa shape index (κ1) is 22.7. The molecule has 0 radical (unpaired) electrons. The molecule has 0 amide bonds. The van der Waals surface area contributed by atoms with Crippen LogP contribution in [0.4, 0.5) is 8.78 Å². The molecule has 1 aliphatic carbocycles. The van der Waals surface area contributed by atoms with Crippen LogP contribution >= 0.6 is 35.6 Å². The summed E-state index contributed by atoms with van der Waals surface area (Å²) in [6.07, 6.45) is 1.80. The molecule has 2 aliphatic rings. The summed E-state index contributed by atoms with van der Waals surface area (Å²) < 4.78 is 33.0. The van der Waals surface area contributed by atoms with Crippen molar-refractivity contribution in [2.45, 2.75) is 25.0 Å². The van der Waals surface area contributed by atoms with E-state index in [1.807, 2.05) is 12.1 Å². The highest BCUT2D eigenvalue weighted by Crippen LogP contribution is 2.45. The van der Waals surface area contributed by atoms with Gasteiger partial charge in [0.05, 0.1) is 28.8 Å². The summed E-state index contributed by atoms with van der Waals surface area (Å²) in [6, 6.07) is 7.38. The van der Waals surface area contributed by atoms with Crippen molar-refractivity contribution >= 4 is 35.6 Å². The van der Waals surface area contributed by atoms with Crippen molar-refractivity contribution < 1.29 is 13.5 Å². The molecule has 1 saturated heterocycles. The topological polar surface area (TPSA) is 24.5 Å². The van der Waals surface area contributed by atoms with E-state index in [2.05, 4.69) is 10.2 Å². The number of halogens is 5. The van der Waals surface area contributed by atoms with Gasteiger partial charge in [-0.2, -0.15) is 0 Å². The number of hydrogen-bond donors (Lipinski definition) is 1. The van der Waals surface area contributed by atoms with Crippen molar-refractivity contribution in [1.29, 1.82) is 0 Å². The van der Waals surface area contributed by atoms with Crippen LogP contribution in [0.1, 0.15) is 23.1 Å². The van der Waals surface area contributed by atoms with Crippen LogP contribution in [0.5, 0.6) is 0 Å². The average molecular weight is 464 g/mol. The maximum absolute atomic E-state index is 13.5. The van der Waals surface area contributed by atoms with E-state index in [0.29, 0.717) is 22.2 Å². The Hall–Kier alpha value is -0.950. The Labute approximate surface area is 185 Å². The van der Waals surface area contributed by atoms with E-state index in [0.717, 1.165) is 50.7 Å². The first-order valence-electron chi connectivity index (χ1n) is 9.45. The van der Waals surface area contributed by atoms with E-state index in [1.165, 1.54) is 17.7 Å². The lowest BCUT2D eigenvalue weighted by Crippen LogP contribution is -2.55. The summed E-state index contributed by atoms with van der Waals surface area (Å²) in [4.78, 5) is 2.44. The van der Waals surface area contributed by atoms with Crippen molar-refractivity contribution in [3.63, 3.8) is 0 Å². The van der Waals surface area contributed by atoms with Crippen LogP contribution in [-0.4, -0.2) is 37.7 Å². The van der Waals surface area contributed by atoms with E-state index >= 15 is 0 Å². The van der Waals surface area contributed by atoms with Gasteiger partial charge in [-0.15, -0.1) is 12.4 Å². The number of fused-ring (bicyclic) bond motifs is 1. The Morgan fingerprint density at radius 1 is 1.00 bits per heavy atom. The molecule has 158 valence electrons. The number of hydrogen-bond acceptors (Lipinski definition) is 3. The fourth-order valence-corrected chi connectivity index (χ4v) is 4.75. The van der Waals surface area contributed by atoms with Gasteiger partial charge in [0.2, 0.25) is 0 Å². The highest BCUT2D eigenvalue weighted by atomic mass is 35.5. The van der Waals surface area contributed by atoms with Crippen LogP contribution in [0.3, 0.4) is 0 Å². The molecule has 1 aliphatic heterocycles. The van der Waals surface area contributed by atoms with Gasteiger partial charge in [0.1, 0.15) is 11.6 Å². The second-order valence-corrected chi connectivity index (χ2v) is 8.28. The van der Waals surface area contributed by atoms with Crippen molar-refractivity contribution in [3.05, 3.63) is 68.7 Å². The van der Waals surface area contributed by atoms with Gasteiger partial charge in [-0.1, -0.05) is 23.2 Å². The summed E-state index contributed by atoms with van der Waals surface area (Å²) in [5.41, 5.74) is 2.51. The molecule has 8 heteroatoms. The molecule has 0 aromatic heterocycles. The normalized spacial score (nSPS) is 21.7. The third kappa shape index (κ3) is 4.71.